The molecule has 0 aliphatic heterocycles. The molecular weight excluding hydrogens is 114 g/mol. The Hall–Kier alpha value is -0.570. The summed E-state index contributed by atoms with van der Waals surface area (Å²) in [6.07, 6.45) is 1.25. The quantitative estimate of drug-likeness (QED) is 0.373. The standard InChI is InChI=1S/C2H6N2.C2H7N.C2H6/c1-4-2-3;1-3-2;1-2/h2H,1H3,(H2,3,4);3H,1-2H3;1-2H3. The second kappa shape index (κ2) is 52.0. The summed E-state index contributed by atoms with van der Waals surface area (Å²) >= 11 is 0. The predicted molar refractivity (Wildman–Crippen MR) is 44.9 cm³/mol. The zero-order chi connectivity index (χ0) is 8.12. The monoisotopic (exact) mass is 133 g/mol. The molecule has 58 valence electrons. The van der Waals surface area contributed by atoms with Crippen molar-refractivity contribution in [2.24, 2.45) is 10.7 Å². The Balaban J connectivity index is -0.0000000646. The van der Waals surface area contributed by atoms with E-state index in [2.05, 4.69) is 10.3 Å². The Kier molecular flexibility index (Phi) is 91.2. The van der Waals surface area contributed by atoms with Gasteiger partial charge in [-0.1, -0.05) is 13.8 Å². The van der Waals surface area contributed by atoms with Crippen LogP contribution in [0.5, 0.6) is 0 Å². The molecule has 9 heavy (non-hydrogen) atoms. The van der Waals surface area contributed by atoms with Gasteiger partial charge in [-0.3, -0.25) is 4.99 Å². The second-order valence-corrected chi connectivity index (χ2v) is 0.907. The normalized spacial score (nSPS) is 6.78. The minimum Gasteiger partial charge on any atom is -0.390 e. The molecule has 0 saturated heterocycles. The molecule has 0 heterocycles. The molecule has 0 spiro atoms. The van der Waals surface area contributed by atoms with E-state index in [1.54, 1.807) is 7.05 Å². The third kappa shape index (κ3) is 1180. The summed E-state index contributed by atoms with van der Waals surface area (Å²) in [5.74, 6) is 0. The van der Waals surface area contributed by atoms with Crippen LogP contribution in [0.3, 0.4) is 0 Å². The summed E-state index contributed by atoms with van der Waals surface area (Å²) in [7, 11) is 5.38. The number of hydrogen-bond acceptors (Lipinski definition) is 2. The highest BCUT2D eigenvalue weighted by Crippen LogP contribution is 1.29. The lowest BCUT2D eigenvalue weighted by Gasteiger charge is -1.59. The molecule has 0 aromatic rings. The van der Waals surface area contributed by atoms with Crippen molar-refractivity contribution in [1.82, 2.24) is 5.32 Å². The Morgan fingerprint density at radius 2 is 1.44 bits per heavy atom. The van der Waals surface area contributed by atoms with Gasteiger partial charge in [0.2, 0.25) is 0 Å². The summed E-state index contributed by atoms with van der Waals surface area (Å²) in [6, 6.07) is 0. The van der Waals surface area contributed by atoms with Crippen molar-refractivity contribution in [2.45, 2.75) is 13.8 Å². The lowest BCUT2D eigenvalue weighted by Crippen LogP contribution is -1.89. The van der Waals surface area contributed by atoms with Crippen LogP contribution >= 0.6 is 0 Å². The highest BCUT2D eigenvalue weighted by Gasteiger charge is 1.30. The maximum absolute atomic E-state index is 4.74. The van der Waals surface area contributed by atoms with Crippen LogP contribution in [-0.4, -0.2) is 27.5 Å². The summed E-state index contributed by atoms with van der Waals surface area (Å²) in [5.41, 5.74) is 4.74. The highest BCUT2D eigenvalue weighted by atomic mass is 14.7. The van der Waals surface area contributed by atoms with E-state index in [1.807, 2.05) is 27.9 Å². The van der Waals surface area contributed by atoms with Crippen molar-refractivity contribution in [3.05, 3.63) is 0 Å². The Morgan fingerprint density at radius 1 is 1.33 bits per heavy atom. The molecule has 0 atom stereocenters. The molecule has 3 nitrogen and oxygen atoms in total. The highest BCUT2D eigenvalue weighted by molar-refractivity contribution is 5.50. The molecule has 0 amide bonds. The van der Waals surface area contributed by atoms with Gasteiger partial charge in [0.05, 0.1) is 6.34 Å². The van der Waals surface area contributed by atoms with Crippen LogP contribution in [0.25, 0.3) is 0 Å². The maximum Gasteiger partial charge on any atom is 0.0794 e. The first-order valence-electron chi connectivity index (χ1n) is 3.04. The van der Waals surface area contributed by atoms with Gasteiger partial charge in [-0.25, -0.2) is 0 Å². The van der Waals surface area contributed by atoms with E-state index in [9.17, 15) is 0 Å². The molecule has 0 aliphatic carbocycles. The molecule has 3 N–H and O–H groups in total. The number of nitrogens with two attached hydrogens (primary N) is 1. The summed E-state index contributed by atoms with van der Waals surface area (Å²) in [5, 5.41) is 2.75. The smallest absolute Gasteiger partial charge is 0.0794 e. The van der Waals surface area contributed by atoms with Crippen LogP contribution in [0.2, 0.25) is 0 Å². The first-order valence-corrected chi connectivity index (χ1v) is 3.04. The van der Waals surface area contributed by atoms with Gasteiger partial charge in [0.1, 0.15) is 0 Å². The van der Waals surface area contributed by atoms with Crippen LogP contribution in [-0.2, 0) is 0 Å². The minimum absolute atomic E-state index is 1.25. The topological polar surface area (TPSA) is 50.4 Å². The van der Waals surface area contributed by atoms with Gasteiger partial charge in [0.25, 0.3) is 0 Å². The van der Waals surface area contributed by atoms with Crippen molar-refractivity contribution >= 4 is 6.34 Å². The Morgan fingerprint density at radius 3 is 1.44 bits per heavy atom. The minimum atomic E-state index is 1.25. The Bertz CT molecular complexity index is 31.3. The van der Waals surface area contributed by atoms with Crippen molar-refractivity contribution in [1.29, 1.82) is 0 Å². The molecule has 0 fully saturated rings. The maximum atomic E-state index is 4.74. The summed E-state index contributed by atoms with van der Waals surface area (Å²) in [4.78, 5) is 3.39. The third-order valence-corrected chi connectivity index (χ3v) is 0.149. The first kappa shape index (κ1) is 15.8. The van der Waals surface area contributed by atoms with Crippen molar-refractivity contribution in [3.8, 4) is 0 Å². The second-order valence-electron chi connectivity index (χ2n) is 0.907. The molecular formula is C6H19N3. The van der Waals surface area contributed by atoms with Gasteiger partial charge < -0.3 is 11.1 Å². The van der Waals surface area contributed by atoms with Crippen molar-refractivity contribution in [3.63, 3.8) is 0 Å². The van der Waals surface area contributed by atoms with Crippen LogP contribution in [0.1, 0.15) is 13.8 Å². The molecule has 0 unspecified atom stereocenters. The molecule has 0 aromatic heterocycles. The number of aliphatic imine (C=N–C) groups is 1. The molecule has 0 aliphatic rings. The van der Waals surface area contributed by atoms with E-state index >= 15 is 0 Å². The van der Waals surface area contributed by atoms with Gasteiger partial charge in [-0.05, 0) is 14.1 Å². The van der Waals surface area contributed by atoms with Crippen molar-refractivity contribution in [2.75, 3.05) is 21.1 Å². The summed E-state index contributed by atoms with van der Waals surface area (Å²) in [6.45, 7) is 4.00. The molecule has 0 saturated carbocycles. The fourth-order valence-electron chi connectivity index (χ4n) is 0. The fraction of sp³-hybridized carbons (Fsp3) is 0.833. The first-order chi connectivity index (χ1) is 4.33. The van der Waals surface area contributed by atoms with Gasteiger partial charge in [0.15, 0.2) is 0 Å². The van der Waals surface area contributed by atoms with Crippen LogP contribution in [0.15, 0.2) is 4.99 Å². The van der Waals surface area contributed by atoms with Gasteiger partial charge in [-0.2, -0.15) is 0 Å². The number of rotatable bonds is 0. The van der Waals surface area contributed by atoms with E-state index in [4.69, 9.17) is 5.73 Å². The molecule has 0 rings (SSSR count). The average Bonchev–Trinajstić information content (AvgIpc) is 1.94. The van der Waals surface area contributed by atoms with E-state index < -0.39 is 0 Å². The number of nitrogens with one attached hydrogen (secondary N) is 1. The lowest BCUT2D eigenvalue weighted by molar-refractivity contribution is 1.02. The third-order valence-electron chi connectivity index (χ3n) is 0.149. The molecule has 0 radical (unpaired) electrons. The van der Waals surface area contributed by atoms with E-state index in [0.717, 1.165) is 0 Å². The predicted octanol–water partition coefficient (Wildman–Crippen LogP) is 0.465. The van der Waals surface area contributed by atoms with Gasteiger partial charge in [-0.15, -0.1) is 0 Å². The molecule has 0 bridgehead atoms. The van der Waals surface area contributed by atoms with Crippen molar-refractivity contribution < 1.29 is 0 Å². The van der Waals surface area contributed by atoms with Crippen LogP contribution < -0.4 is 11.1 Å². The SMILES string of the molecule is CC.CN=CN.CNC. The Labute approximate surface area is 58.4 Å². The van der Waals surface area contributed by atoms with Crippen LogP contribution in [0, 0.1) is 0 Å². The molecule has 3 heteroatoms. The van der Waals surface area contributed by atoms with Gasteiger partial charge in [0, 0.05) is 7.05 Å². The number of nitrogens with zero attached hydrogens (tertiary/aromatic N) is 1. The largest absolute Gasteiger partial charge is 0.390 e. The zero-order valence-electron chi connectivity index (χ0n) is 7.10. The van der Waals surface area contributed by atoms with E-state index in [1.165, 1.54) is 6.34 Å². The lowest BCUT2D eigenvalue weighted by atomic mass is 11.0. The van der Waals surface area contributed by atoms with E-state index in [0.29, 0.717) is 0 Å². The fourth-order valence-corrected chi connectivity index (χ4v) is 0. The zero-order valence-corrected chi connectivity index (χ0v) is 7.10. The average molecular weight is 133 g/mol. The van der Waals surface area contributed by atoms with Crippen LogP contribution in [0.4, 0.5) is 0 Å². The number of hydrogen-bond donors (Lipinski definition) is 2. The van der Waals surface area contributed by atoms with Gasteiger partial charge >= 0.3 is 0 Å². The summed E-state index contributed by atoms with van der Waals surface area (Å²) < 4.78 is 0. The van der Waals surface area contributed by atoms with E-state index in [-0.39, 0.29) is 0 Å². The molecule has 0 aromatic carbocycles.